The van der Waals surface area contributed by atoms with Gasteiger partial charge in [-0.2, -0.15) is 11.8 Å². The van der Waals surface area contributed by atoms with E-state index in [2.05, 4.69) is 52.3 Å². The minimum Gasteiger partial charge on any atom is -0.397 e. The first-order valence-electron chi connectivity index (χ1n) is 8.06. The van der Waals surface area contributed by atoms with Crippen LogP contribution in [0.4, 0.5) is 5.69 Å². The van der Waals surface area contributed by atoms with E-state index in [-0.39, 0.29) is 0 Å². The van der Waals surface area contributed by atoms with Gasteiger partial charge in [0.05, 0.1) is 11.2 Å². The molecule has 0 aliphatic carbocycles. The second kappa shape index (κ2) is 6.30. The molecule has 1 saturated heterocycles. The highest BCUT2D eigenvalue weighted by Crippen LogP contribution is 2.29. The van der Waals surface area contributed by atoms with Crippen LogP contribution in [0.5, 0.6) is 0 Å². The molecule has 3 aromatic rings. The second-order valence-corrected chi connectivity index (χ2v) is 7.31. The Balaban J connectivity index is 1.66. The van der Waals surface area contributed by atoms with Crippen molar-refractivity contribution in [1.82, 2.24) is 9.88 Å². The number of aromatic amines is 1. The maximum absolute atomic E-state index is 6.30. The lowest BCUT2D eigenvalue weighted by Gasteiger charge is -2.26. The van der Waals surface area contributed by atoms with Gasteiger partial charge in [-0.25, -0.2) is 0 Å². The van der Waals surface area contributed by atoms with Crippen molar-refractivity contribution in [2.45, 2.75) is 6.54 Å². The number of nitrogens with two attached hydrogens (primary N) is 1. The molecule has 0 radical (unpaired) electrons. The van der Waals surface area contributed by atoms with Gasteiger partial charge in [-0.15, -0.1) is 0 Å². The van der Waals surface area contributed by atoms with Gasteiger partial charge in [-0.05, 0) is 29.3 Å². The Morgan fingerprint density at radius 2 is 1.83 bits per heavy atom. The predicted molar refractivity (Wildman–Crippen MR) is 101 cm³/mol. The van der Waals surface area contributed by atoms with E-state index in [1.54, 1.807) is 0 Å². The maximum atomic E-state index is 6.30. The topological polar surface area (TPSA) is 45.0 Å². The zero-order valence-corrected chi connectivity index (χ0v) is 13.9. The number of rotatable bonds is 3. The van der Waals surface area contributed by atoms with E-state index in [9.17, 15) is 0 Å². The van der Waals surface area contributed by atoms with E-state index in [4.69, 9.17) is 5.73 Å². The number of fused-ring (bicyclic) bond motifs is 1. The lowest BCUT2D eigenvalue weighted by Crippen LogP contribution is -2.31. The van der Waals surface area contributed by atoms with Crippen LogP contribution in [0.1, 0.15) is 5.56 Å². The lowest BCUT2D eigenvalue weighted by atomic mass is 10.1. The maximum Gasteiger partial charge on any atom is 0.0692 e. The fourth-order valence-corrected chi connectivity index (χ4v) is 4.20. The minimum absolute atomic E-state index is 0.839. The summed E-state index contributed by atoms with van der Waals surface area (Å²) in [6, 6.07) is 17.0. The Bertz CT molecular complexity index is 804. The van der Waals surface area contributed by atoms with E-state index in [0.717, 1.165) is 23.4 Å². The van der Waals surface area contributed by atoms with Crippen molar-refractivity contribution >= 4 is 28.4 Å². The summed E-state index contributed by atoms with van der Waals surface area (Å²) in [6.45, 7) is 3.34. The number of H-pyrrole nitrogens is 1. The molecular weight excluding hydrogens is 302 g/mol. The SMILES string of the molecule is Nc1cc(CN2CCSCC2)cc2cc(-c3ccccc3)[nH]c12. The zero-order valence-electron chi connectivity index (χ0n) is 13.1. The van der Waals surface area contributed by atoms with Gasteiger partial charge in [0.1, 0.15) is 0 Å². The third kappa shape index (κ3) is 3.09. The molecule has 23 heavy (non-hydrogen) atoms. The van der Waals surface area contributed by atoms with Crippen LogP contribution >= 0.6 is 11.8 Å². The highest BCUT2D eigenvalue weighted by atomic mass is 32.2. The molecule has 2 heterocycles. The fourth-order valence-electron chi connectivity index (χ4n) is 3.22. The van der Waals surface area contributed by atoms with Crippen LogP contribution in [-0.2, 0) is 6.54 Å². The summed E-state index contributed by atoms with van der Waals surface area (Å²) >= 11 is 2.04. The molecule has 0 saturated carbocycles. The van der Waals surface area contributed by atoms with Gasteiger partial charge >= 0.3 is 0 Å². The molecule has 1 aromatic heterocycles. The van der Waals surface area contributed by atoms with Gasteiger partial charge in [0, 0.05) is 42.2 Å². The molecule has 1 fully saturated rings. The molecule has 3 N–H and O–H groups in total. The number of thioether (sulfide) groups is 1. The highest BCUT2D eigenvalue weighted by molar-refractivity contribution is 7.99. The molecule has 3 nitrogen and oxygen atoms in total. The summed E-state index contributed by atoms with van der Waals surface area (Å²) < 4.78 is 0. The van der Waals surface area contributed by atoms with Crippen LogP contribution in [0.15, 0.2) is 48.5 Å². The first kappa shape index (κ1) is 14.7. The van der Waals surface area contributed by atoms with Gasteiger partial charge in [-0.3, -0.25) is 4.90 Å². The molecule has 1 aliphatic rings. The van der Waals surface area contributed by atoms with Crippen molar-refractivity contribution in [3.63, 3.8) is 0 Å². The Labute approximate surface area is 140 Å². The number of nitrogens with one attached hydrogen (secondary N) is 1. The lowest BCUT2D eigenvalue weighted by molar-refractivity contribution is 0.295. The van der Waals surface area contributed by atoms with E-state index in [1.165, 1.54) is 41.1 Å². The molecule has 0 unspecified atom stereocenters. The van der Waals surface area contributed by atoms with E-state index in [0.29, 0.717) is 0 Å². The van der Waals surface area contributed by atoms with Crippen LogP contribution in [0, 0.1) is 0 Å². The summed E-state index contributed by atoms with van der Waals surface area (Å²) in [5.74, 6) is 2.47. The van der Waals surface area contributed by atoms with Gasteiger partial charge < -0.3 is 10.7 Å². The van der Waals surface area contributed by atoms with E-state index >= 15 is 0 Å². The fraction of sp³-hybridized carbons (Fsp3) is 0.263. The summed E-state index contributed by atoms with van der Waals surface area (Å²) in [5.41, 5.74) is 11.8. The highest BCUT2D eigenvalue weighted by Gasteiger charge is 2.13. The standard InChI is InChI=1S/C19H21N3S/c20-17-11-14(13-22-6-8-23-9-7-22)10-16-12-18(21-19(16)17)15-4-2-1-3-5-15/h1-5,10-12,21H,6-9,13,20H2. The van der Waals surface area contributed by atoms with Crippen LogP contribution < -0.4 is 5.73 Å². The molecule has 1 aliphatic heterocycles. The minimum atomic E-state index is 0.839. The number of benzene rings is 2. The first-order valence-corrected chi connectivity index (χ1v) is 9.22. The monoisotopic (exact) mass is 323 g/mol. The molecule has 0 bridgehead atoms. The Morgan fingerprint density at radius 1 is 1.04 bits per heavy atom. The van der Waals surface area contributed by atoms with Crippen molar-refractivity contribution in [2.75, 3.05) is 30.3 Å². The van der Waals surface area contributed by atoms with Crippen molar-refractivity contribution in [2.24, 2.45) is 0 Å². The van der Waals surface area contributed by atoms with E-state index in [1.807, 2.05) is 17.8 Å². The Hall–Kier alpha value is -1.91. The number of anilines is 1. The zero-order chi connectivity index (χ0) is 15.6. The quantitative estimate of drug-likeness (QED) is 0.717. The Morgan fingerprint density at radius 3 is 2.61 bits per heavy atom. The van der Waals surface area contributed by atoms with Gasteiger partial charge in [0.25, 0.3) is 0 Å². The van der Waals surface area contributed by atoms with Crippen LogP contribution in [0.25, 0.3) is 22.2 Å². The van der Waals surface area contributed by atoms with Gasteiger partial charge in [0.15, 0.2) is 0 Å². The number of nitrogen functional groups attached to an aromatic ring is 1. The summed E-state index contributed by atoms with van der Waals surface area (Å²) in [5, 5.41) is 1.20. The van der Waals surface area contributed by atoms with Crippen molar-refractivity contribution < 1.29 is 0 Å². The predicted octanol–water partition coefficient (Wildman–Crippen LogP) is 3.97. The molecule has 4 heteroatoms. The molecule has 0 amide bonds. The number of hydrogen-bond acceptors (Lipinski definition) is 3. The molecule has 0 atom stereocenters. The number of hydrogen-bond donors (Lipinski definition) is 2. The molecular formula is C19H21N3S. The van der Waals surface area contributed by atoms with Gasteiger partial charge in [-0.1, -0.05) is 30.3 Å². The van der Waals surface area contributed by atoms with Gasteiger partial charge in [0.2, 0.25) is 0 Å². The number of nitrogens with zero attached hydrogens (tertiary/aromatic N) is 1. The average molecular weight is 323 g/mol. The third-order valence-electron chi connectivity index (χ3n) is 4.41. The summed E-state index contributed by atoms with van der Waals surface area (Å²) in [6.07, 6.45) is 0. The van der Waals surface area contributed by atoms with Crippen LogP contribution in [0.2, 0.25) is 0 Å². The molecule has 2 aromatic carbocycles. The summed E-state index contributed by atoms with van der Waals surface area (Å²) in [7, 11) is 0. The first-order chi connectivity index (χ1) is 11.3. The van der Waals surface area contributed by atoms with E-state index < -0.39 is 0 Å². The van der Waals surface area contributed by atoms with Crippen molar-refractivity contribution in [1.29, 1.82) is 0 Å². The largest absolute Gasteiger partial charge is 0.397 e. The Kier molecular flexibility index (Phi) is 4.02. The summed E-state index contributed by atoms with van der Waals surface area (Å²) in [4.78, 5) is 5.98. The molecule has 118 valence electrons. The second-order valence-electron chi connectivity index (χ2n) is 6.09. The average Bonchev–Trinajstić information content (AvgIpc) is 3.01. The van der Waals surface area contributed by atoms with Crippen LogP contribution in [-0.4, -0.2) is 34.5 Å². The molecule has 0 spiro atoms. The van der Waals surface area contributed by atoms with Crippen molar-refractivity contribution in [3.8, 4) is 11.3 Å². The van der Waals surface area contributed by atoms with Crippen LogP contribution in [0.3, 0.4) is 0 Å². The number of aromatic nitrogens is 1. The smallest absolute Gasteiger partial charge is 0.0692 e. The third-order valence-corrected chi connectivity index (χ3v) is 5.36. The normalized spacial score (nSPS) is 16.0. The molecule has 4 rings (SSSR count). The van der Waals surface area contributed by atoms with Crippen molar-refractivity contribution in [3.05, 3.63) is 54.1 Å².